The van der Waals surface area contributed by atoms with Gasteiger partial charge in [-0.15, -0.1) is 0 Å². The average Bonchev–Trinajstić information content (AvgIpc) is 2.34. The van der Waals surface area contributed by atoms with Crippen LogP contribution in [0.4, 0.5) is 0 Å². The number of nitrogens with zero attached hydrogens (tertiary/aromatic N) is 1. The second kappa shape index (κ2) is 8.04. The topological polar surface area (TPSA) is 32.7 Å². The Labute approximate surface area is 99.8 Å². The molecule has 1 aliphatic heterocycles. The van der Waals surface area contributed by atoms with Crippen LogP contribution in [-0.4, -0.2) is 49.0 Å². The summed E-state index contributed by atoms with van der Waals surface area (Å²) in [4.78, 5) is 2.48. The molecule has 0 saturated carbocycles. The molecule has 3 nitrogen and oxygen atoms in total. The van der Waals surface area contributed by atoms with Gasteiger partial charge in [-0.25, -0.2) is 0 Å². The zero-order valence-corrected chi connectivity index (χ0v) is 10.8. The van der Waals surface area contributed by atoms with Crippen LogP contribution in [0.2, 0.25) is 0 Å². The zero-order valence-electron chi connectivity index (χ0n) is 10.8. The quantitative estimate of drug-likeness (QED) is 0.678. The number of aliphatic hydroxyl groups is 1. The van der Waals surface area contributed by atoms with Gasteiger partial charge in [-0.2, -0.15) is 0 Å². The summed E-state index contributed by atoms with van der Waals surface area (Å²) in [6, 6.07) is 0.404. The number of hydrogen-bond acceptors (Lipinski definition) is 3. The normalized spacial score (nSPS) is 24.6. The molecule has 1 rings (SSSR count). The lowest BCUT2D eigenvalue weighted by Gasteiger charge is -2.38. The van der Waals surface area contributed by atoms with Crippen LogP contribution in [0.1, 0.15) is 45.4 Å². The third-order valence-corrected chi connectivity index (χ3v) is 3.57. The molecule has 2 atom stereocenters. The minimum Gasteiger partial charge on any atom is -0.392 e. The van der Waals surface area contributed by atoms with Gasteiger partial charge in [-0.3, -0.25) is 4.90 Å². The lowest BCUT2D eigenvalue weighted by molar-refractivity contribution is 0.0223. The minimum absolute atomic E-state index is 0.136. The van der Waals surface area contributed by atoms with Crippen molar-refractivity contribution < 1.29 is 9.84 Å². The second-order valence-electron chi connectivity index (χ2n) is 4.77. The molecular formula is C13H27NO2. The number of ether oxygens (including phenoxy) is 1. The van der Waals surface area contributed by atoms with Crippen molar-refractivity contribution in [1.29, 1.82) is 0 Å². The van der Waals surface area contributed by atoms with E-state index in [2.05, 4.69) is 11.8 Å². The van der Waals surface area contributed by atoms with Crippen LogP contribution in [0.3, 0.4) is 0 Å². The highest BCUT2D eigenvalue weighted by Crippen LogP contribution is 2.21. The molecule has 0 aromatic carbocycles. The highest BCUT2D eigenvalue weighted by molar-refractivity contribution is 4.82. The van der Waals surface area contributed by atoms with Gasteiger partial charge in [0.25, 0.3) is 0 Å². The van der Waals surface area contributed by atoms with E-state index < -0.39 is 0 Å². The van der Waals surface area contributed by atoms with Crippen molar-refractivity contribution in [2.75, 3.05) is 26.8 Å². The Kier molecular flexibility index (Phi) is 7.01. The van der Waals surface area contributed by atoms with Crippen molar-refractivity contribution in [3.8, 4) is 0 Å². The van der Waals surface area contributed by atoms with Crippen molar-refractivity contribution in [3.63, 3.8) is 0 Å². The fourth-order valence-electron chi connectivity index (χ4n) is 2.56. The van der Waals surface area contributed by atoms with E-state index in [1.54, 1.807) is 7.11 Å². The molecule has 1 N–H and O–H groups in total. The third kappa shape index (κ3) is 4.40. The van der Waals surface area contributed by atoms with Crippen LogP contribution >= 0.6 is 0 Å². The molecule has 1 saturated heterocycles. The van der Waals surface area contributed by atoms with Gasteiger partial charge in [-0.05, 0) is 45.2 Å². The molecule has 0 amide bonds. The Morgan fingerprint density at radius 3 is 2.88 bits per heavy atom. The fraction of sp³-hybridized carbons (Fsp3) is 1.00. The van der Waals surface area contributed by atoms with Crippen LogP contribution < -0.4 is 0 Å². The van der Waals surface area contributed by atoms with E-state index >= 15 is 0 Å². The number of aliphatic hydroxyl groups excluding tert-OH is 1. The number of unbranched alkanes of at least 4 members (excludes halogenated alkanes) is 1. The molecule has 1 aliphatic rings. The monoisotopic (exact) mass is 229 g/mol. The lowest BCUT2D eigenvalue weighted by atomic mass is 9.95. The SMILES string of the molecule is CCC(O)C1CCCCN1CCCCOC. The molecule has 3 heteroatoms. The maximum atomic E-state index is 9.99. The van der Waals surface area contributed by atoms with E-state index in [0.29, 0.717) is 6.04 Å². The van der Waals surface area contributed by atoms with E-state index in [0.717, 1.165) is 32.5 Å². The van der Waals surface area contributed by atoms with E-state index in [-0.39, 0.29) is 6.10 Å². The van der Waals surface area contributed by atoms with Gasteiger partial charge in [0.2, 0.25) is 0 Å². The molecule has 2 unspecified atom stereocenters. The van der Waals surface area contributed by atoms with Gasteiger partial charge >= 0.3 is 0 Å². The predicted molar refractivity (Wildman–Crippen MR) is 66.6 cm³/mol. The number of rotatable bonds is 7. The average molecular weight is 229 g/mol. The Morgan fingerprint density at radius 2 is 2.19 bits per heavy atom. The summed E-state index contributed by atoms with van der Waals surface area (Å²) in [6.07, 6.45) is 6.78. The van der Waals surface area contributed by atoms with Gasteiger partial charge < -0.3 is 9.84 Å². The maximum Gasteiger partial charge on any atom is 0.0692 e. The first kappa shape index (κ1) is 13.9. The second-order valence-corrected chi connectivity index (χ2v) is 4.77. The first-order valence-electron chi connectivity index (χ1n) is 6.70. The largest absolute Gasteiger partial charge is 0.392 e. The van der Waals surface area contributed by atoms with E-state index in [1.165, 1.54) is 25.7 Å². The van der Waals surface area contributed by atoms with Crippen molar-refractivity contribution in [1.82, 2.24) is 4.90 Å². The number of methoxy groups -OCH3 is 1. The predicted octanol–water partition coefficient (Wildman–Crippen LogP) is 2.04. The fourth-order valence-corrected chi connectivity index (χ4v) is 2.56. The number of hydrogen-bond donors (Lipinski definition) is 1. The van der Waals surface area contributed by atoms with Gasteiger partial charge in [0.1, 0.15) is 0 Å². The van der Waals surface area contributed by atoms with Crippen molar-refractivity contribution >= 4 is 0 Å². The van der Waals surface area contributed by atoms with Gasteiger partial charge in [0.15, 0.2) is 0 Å². The van der Waals surface area contributed by atoms with E-state index in [1.807, 2.05) is 0 Å². The van der Waals surface area contributed by atoms with Crippen LogP contribution in [0.15, 0.2) is 0 Å². The standard InChI is InChI=1S/C13H27NO2/c1-3-13(15)12-8-4-5-9-14(12)10-6-7-11-16-2/h12-13,15H,3-11H2,1-2H3. The summed E-state index contributed by atoms with van der Waals surface area (Å²) in [5.41, 5.74) is 0. The van der Waals surface area contributed by atoms with Gasteiger partial charge in [0.05, 0.1) is 6.10 Å². The Hall–Kier alpha value is -0.120. The molecule has 16 heavy (non-hydrogen) atoms. The molecule has 1 fully saturated rings. The van der Waals surface area contributed by atoms with E-state index in [4.69, 9.17) is 4.74 Å². The summed E-state index contributed by atoms with van der Waals surface area (Å²) >= 11 is 0. The summed E-state index contributed by atoms with van der Waals surface area (Å²) in [5, 5.41) is 9.99. The minimum atomic E-state index is -0.136. The third-order valence-electron chi connectivity index (χ3n) is 3.57. The van der Waals surface area contributed by atoms with Gasteiger partial charge in [0, 0.05) is 19.8 Å². The summed E-state index contributed by atoms with van der Waals surface area (Å²) < 4.78 is 5.06. The van der Waals surface area contributed by atoms with Crippen LogP contribution in [0, 0.1) is 0 Å². The number of piperidine rings is 1. The Balaban J connectivity index is 2.29. The van der Waals surface area contributed by atoms with Crippen molar-refractivity contribution in [2.24, 2.45) is 0 Å². The molecule has 0 aromatic heterocycles. The lowest BCUT2D eigenvalue weighted by Crippen LogP contribution is -2.46. The molecule has 0 radical (unpaired) electrons. The highest BCUT2D eigenvalue weighted by atomic mass is 16.5. The first-order chi connectivity index (χ1) is 7.79. The van der Waals surface area contributed by atoms with Crippen molar-refractivity contribution in [3.05, 3.63) is 0 Å². The van der Waals surface area contributed by atoms with Gasteiger partial charge in [-0.1, -0.05) is 13.3 Å². The highest BCUT2D eigenvalue weighted by Gasteiger charge is 2.26. The molecule has 0 spiro atoms. The van der Waals surface area contributed by atoms with E-state index in [9.17, 15) is 5.11 Å². The molecule has 0 bridgehead atoms. The van der Waals surface area contributed by atoms with Crippen molar-refractivity contribution in [2.45, 2.75) is 57.6 Å². The molecule has 0 aromatic rings. The zero-order chi connectivity index (χ0) is 11.8. The summed E-state index contributed by atoms with van der Waals surface area (Å²) in [6.45, 7) is 5.21. The van der Waals surface area contributed by atoms with Crippen LogP contribution in [-0.2, 0) is 4.74 Å². The molecule has 96 valence electrons. The number of likely N-dealkylation sites (tertiary alicyclic amines) is 1. The Morgan fingerprint density at radius 1 is 1.38 bits per heavy atom. The molecule has 1 heterocycles. The Bertz CT molecular complexity index is 175. The first-order valence-corrected chi connectivity index (χ1v) is 6.70. The summed E-state index contributed by atoms with van der Waals surface area (Å²) in [5.74, 6) is 0. The smallest absolute Gasteiger partial charge is 0.0692 e. The van der Waals surface area contributed by atoms with Crippen LogP contribution in [0.25, 0.3) is 0 Å². The maximum absolute atomic E-state index is 9.99. The molecular weight excluding hydrogens is 202 g/mol. The van der Waals surface area contributed by atoms with Crippen LogP contribution in [0.5, 0.6) is 0 Å². The summed E-state index contributed by atoms with van der Waals surface area (Å²) in [7, 11) is 1.75. The molecule has 0 aliphatic carbocycles.